The second-order valence-electron chi connectivity index (χ2n) is 4.31. The van der Waals surface area contributed by atoms with Crippen LogP contribution in [0, 0.1) is 10.1 Å². The Morgan fingerprint density at radius 2 is 1.90 bits per heavy atom. The zero-order valence-corrected chi connectivity index (χ0v) is 12.2. The van der Waals surface area contributed by atoms with Gasteiger partial charge in [-0.25, -0.2) is 0 Å². The van der Waals surface area contributed by atoms with Gasteiger partial charge in [0.1, 0.15) is 5.69 Å². The lowest BCUT2D eigenvalue weighted by molar-refractivity contribution is -0.384. The van der Waals surface area contributed by atoms with Gasteiger partial charge in [-0.3, -0.25) is 10.1 Å². The summed E-state index contributed by atoms with van der Waals surface area (Å²) in [5.74, 6) is 0. The number of para-hydroxylation sites is 2. The van der Waals surface area contributed by atoms with Crippen molar-refractivity contribution in [3.8, 4) is 0 Å². The molecule has 0 aliphatic rings. The van der Waals surface area contributed by atoms with Crippen molar-refractivity contribution in [3.05, 3.63) is 68.2 Å². The van der Waals surface area contributed by atoms with E-state index in [1.807, 2.05) is 6.92 Å². The number of rotatable bonds is 4. The largest absolute Gasteiger partial charge is 0.373 e. The van der Waals surface area contributed by atoms with Crippen molar-refractivity contribution in [2.24, 2.45) is 0 Å². The second kappa shape index (κ2) is 6.11. The van der Waals surface area contributed by atoms with E-state index in [1.54, 1.807) is 36.4 Å². The summed E-state index contributed by atoms with van der Waals surface area (Å²) in [7, 11) is 0. The minimum absolute atomic E-state index is 0.0319. The number of nitrogens with zero attached hydrogens (tertiary/aromatic N) is 1. The fourth-order valence-electron chi connectivity index (χ4n) is 1.92. The maximum absolute atomic E-state index is 11.0. The molecule has 0 aliphatic heterocycles. The maximum Gasteiger partial charge on any atom is 0.292 e. The highest BCUT2D eigenvalue weighted by atomic mass is 35.5. The van der Waals surface area contributed by atoms with Gasteiger partial charge in [0.25, 0.3) is 5.69 Å². The van der Waals surface area contributed by atoms with E-state index in [9.17, 15) is 10.1 Å². The first-order chi connectivity index (χ1) is 9.49. The summed E-state index contributed by atoms with van der Waals surface area (Å²) >= 11 is 12.0. The van der Waals surface area contributed by atoms with Crippen molar-refractivity contribution in [3.63, 3.8) is 0 Å². The fourth-order valence-corrected chi connectivity index (χ4v) is 2.49. The molecule has 2 aromatic carbocycles. The highest BCUT2D eigenvalue weighted by Crippen LogP contribution is 2.31. The van der Waals surface area contributed by atoms with Crippen LogP contribution in [0.2, 0.25) is 10.0 Å². The van der Waals surface area contributed by atoms with Crippen molar-refractivity contribution < 1.29 is 4.92 Å². The maximum atomic E-state index is 11.0. The Balaban J connectivity index is 2.28. The number of hydrogen-bond acceptors (Lipinski definition) is 3. The second-order valence-corrected chi connectivity index (χ2v) is 5.15. The monoisotopic (exact) mass is 310 g/mol. The molecule has 1 N–H and O–H groups in total. The van der Waals surface area contributed by atoms with Crippen LogP contribution in [0.15, 0.2) is 42.5 Å². The lowest BCUT2D eigenvalue weighted by atomic mass is 10.1. The zero-order valence-electron chi connectivity index (χ0n) is 10.6. The summed E-state index contributed by atoms with van der Waals surface area (Å²) in [6, 6.07) is 11.5. The van der Waals surface area contributed by atoms with Gasteiger partial charge in [0.15, 0.2) is 0 Å². The summed E-state index contributed by atoms with van der Waals surface area (Å²) in [4.78, 5) is 10.6. The Morgan fingerprint density at radius 1 is 1.20 bits per heavy atom. The van der Waals surface area contributed by atoms with Gasteiger partial charge >= 0.3 is 0 Å². The fraction of sp³-hybridized carbons (Fsp3) is 0.143. The van der Waals surface area contributed by atoms with Crippen LogP contribution in [0.5, 0.6) is 0 Å². The summed E-state index contributed by atoms with van der Waals surface area (Å²) < 4.78 is 0. The SMILES string of the molecule is CC(Nc1ccccc1[N+](=O)[O-])c1ccc(Cl)cc1Cl. The van der Waals surface area contributed by atoms with E-state index in [0.29, 0.717) is 15.7 Å². The molecule has 2 rings (SSSR count). The third-order valence-electron chi connectivity index (χ3n) is 2.90. The number of nitrogens with one attached hydrogen (secondary N) is 1. The Kier molecular flexibility index (Phi) is 4.47. The number of halogens is 2. The van der Waals surface area contributed by atoms with Crippen LogP contribution in [-0.4, -0.2) is 4.92 Å². The van der Waals surface area contributed by atoms with E-state index in [-0.39, 0.29) is 11.7 Å². The molecule has 0 amide bonds. The average molecular weight is 311 g/mol. The van der Waals surface area contributed by atoms with Crippen molar-refractivity contribution >= 4 is 34.6 Å². The third-order valence-corrected chi connectivity index (χ3v) is 3.46. The van der Waals surface area contributed by atoms with Gasteiger partial charge in [0.2, 0.25) is 0 Å². The van der Waals surface area contributed by atoms with Crippen LogP contribution in [0.25, 0.3) is 0 Å². The third kappa shape index (κ3) is 3.21. The van der Waals surface area contributed by atoms with Gasteiger partial charge in [-0.15, -0.1) is 0 Å². The van der Waals surface area contributed by atoms with Crippen LogP contribution in [0.4, 0.5) is 11.4 Å². The predicted octanol–water partition coefficient (Wildman–Crippen LogP) is 5.07. The standard InChI is InChI=1S/C14H12Cl2N2O2/c1-9(11-7-6-10(15)8-12(11)16)17-13-4-2-3-5-14(13)18(19)20/h2-9,17H,1H3. The minimum atomic E-state index is -0.418. The van der Waals surface area contributed by atoms with Gasteiger partial charge in [-0.05, 0) is 30.7 Å². The van der Waals surface area contributed by atoms with Crippen LogP contribution >= 0.6 is 23.2 Å². The Hall–Kier alpha value is -1.78. The summed E-state index contributed by atoms with van der Waals surface area (Å²) in [5, 5.41) is 15.1. The predicted molar refractivity (Wildman–Crippen MR) is 81.6 cm³/mol. The van der Waals surface area contributed by atoms with Crippen LogP contribution in [0.3, 0.4) is 0 Å². The van der Waals surface area contributed by atoms with E-state index in [4.69, 9.17) is 23.2 Å². The smallest absolute Gasteiger partial charge is 0.292 e. The number of hydrogen-bond donors (Lipinski definition) is 1. The molecule has 0 fully saturated rings. The van der Waals surface area contributed by atoms with E-state index in [1.165, 1.54) is 6.07 Å². The van der Waals surface area contributed by atoms with Gasteiger partial charge in [-0.1, -0.05) is 41.4 Å². The normalized spacial score (nSPS) is 11.9. The highest BCUT2D eigenvalue weighted by Gasteiger charge is 2.16. The molecule has 104 valence electrons. The van der Waals surface area contributed by atoms with Crippen LogP contribution in [0.1, 0.15) is 18.5 Å². The topological polar surface area (TPSA) is 55.2 Å². The van der Waals surface area contributed by atoms with Gasteiger partial charge in [0.05, 0.1) is 11.0 Å². The molecule has 0 heterocycles. The molecule has 1 unspecified atom stereocenters. The Morgan fingerprint density at radius 3 is 2.55 bits per heavy atom. The van der Waals surface area contributed by atoms with Crippen molar-refractivity contribution in [2.45, 2.75) is 13.0 Å². The van der Waals surface area contributed by atoms with E-state index >= 15 is 0 Å². The molecule has 0 radical (unpaired) electrons. The molecular formula is C14H12Cl2N2O2. The Bertz CT molecular complexity index is 647. The molecule has 4 nitrogen and oxygen atoms in total. The number of anilines is 1. The van der Waals surface area contributed by atoms with Crippen molar-refractivity contribution in [2.75, 3.05) is 5.32 Å². The lowest BCUT2D eigenvalue weighted by Gasteiger charge is -2.17. The molecular weight excluding hydrogens is 299 g/mol. The first-order valence-electron chi connectivity index (χ1n) is 5.94. The molecule has 20 heavy (non-hydrogen) atoms. The molecule has 2 aromatic rings. The lowest BCUT2D eigenvalue weighted by Crippen LogP contribution is -2.08. The molecule has 0 bridgehead atoms. The molecule has 0 aromatic heterocycles. The number of nitro groups is 1. The molecule has 0 saturated carbocycles. The van der Waals surface area contributed by atoms with Gasteiger partial charge in [0, 0.05) is 16.1 Å². The molecule has 0 saturated heterocycles. The first-order valence-corrected chi connectivity index (χ1v) is 6.69. The first kappa shape index (κ1) is 14.6. The van der Waals surface area contributed by atoms with Crippen molar-refractivity contribution in [1.29, 1.82) is 0 Å². The number of benzene rings is 2. The van der Waals surface area contributed by atoms with Crippen LogP contribution in [-0.2, 0) is 0 Å². The van der Waals surface area contributed by atoms with Crippen LogP contribution < -0.4 is 5.32 Å². The molecule has 1 atom stereocenters. The number of nitro benzene ring substituents is 1. The average Bonchev–Trinajstić information content (AvgIpc) is 2.38. The van der Waals surface area contributed by atoms with E-state index in [0.717, 1.165) is 5.56 Å². The van der Waals surface area contributed by atoms with E-state index < -0.39 is 4.92 Å². The minimum Gasteiger partial charge on any atom is -0.373 e. The molecule has 0 aliphatic carbocycles. The van der Waals surface area contributed by atoms with Gasteiger partial charge in [-0.2, -0.15) is 0 Å². The zero-order chi connectivity index (χ0) is 14.7. The molecule has 0 spiro atoms. The van der Waals surface area contributed by atoms with Gasteiger partial charge < -0.3 is 5.32 Å². The summed E-state index contributed by atoms with van der Waals surface area (Å²) in [5.41, 5.74) is 1.31. The van der Waals surface area contributed by atoms with Crippen molar-refractivity contribution in [1.82, 2.24) is 0 Å². The quantitative estimate of drug-likeness (QED) is 0.633. The summed E-state index contributed by atoms with van der Waals surface area (Å²) in [6.07, 6.45) is 0. The molecule has 6 heteroatoms. The Labute approximate surface area is 126 Å². The summed E-state index contributed by atoms with van der Waals surface area (Å²) in [6.45, 7) is 1.88. The van der Waals surface area contributed by atoms with E-state index in [2.05, 4.69) is 5.32 Å². The highest BCUT2D eigenvalue weighted by molar-refractivity contribution is 6.35.